The van der Waals surface area contributed by atoms with E-state index in [0.717, 1.165) is 42.7 Å². The van der Waals surface area contributed by atoms with Crippen molar-refractivity contribution in [1.29, 1.82) is 0 Å². The van der Waals surface area contributed by atoms with Gasteiger partial charge in [-0.05, 0) is 48.9 Å². The standard InChI is InChI=1S/C16H21FO/c1-11-3-6-13(7-4-11)16(18)10-14-9-15(17)8-5-12(14)2/h5,8-9,11,13H,3-4,6-7,10H2,1-2H3. The van der Waals surface area contributed by atoms with Crippen LogP contribution in [0.1, 0.15) is 43.7 Å². The molecule has 0 aromatic heterocycles. The molecule has 0 heterocycles. The van der Waals surface area contributed by atoms with Crippen molar-refractivity contribution in [3.63, 3.8) is 0 Å². The largest absolute Gasteiger partial charge is 0.299 e. The molecule has 2 rings (SSSR count). The topological polar surface area (TPSA) is 17.1 Å². The zero-order chi connectivity index (χ0) is 13.1. The lowest BCUT2D eigenvalue weighted by Gasteiger charge is -2.25. The molecular formula is C16H21FO. The van der Waals surface area contributed by atoms with Crippen LogP contribution in [0.5, 0.6) is 0 Å². The van der Waals surface area contributed by atoms with Crippen molar-refractivity contribution in [2.75, 3.05) is 0 Å². The van der Waals surface area contributed by atoms with Gasteiger partial charge in [0.25, 0.3) is 0 Å². The number of ketones is 1. The average Bonchev–Trinajstić information content (AvgIpc) is 2.34. The number of halogens is 1. The predicted octanol–water partition coefficient (Wildman–Crippen LogP) is 4.07. The van der Waals surface area contributed by atoms with E-state index in [-0.39, 0.29) is 17.5 Å². The number of carbonyl (C=O) groups is 1. The van der Waals surface area contributed by atoms with Crippen molar-refractivity contribution in [2.45, 2.75) is 46.0 Å². The molecule has 1 fully saturated rings. The molecule has 0 radical (unpaired) electrons. The van der Waals surface area contributed by atoms with Gasteiger partial charge in [0.2, 0.25) is 0 Å². The Morgan fingerprint density at radius 1 is 1.28 bits per heavy atom. The molecule has 0 unspecified atom stereocenters. The van der Waals surface area contributed by atoms with Crippen LogP contribution in [0.25, 0.3) is 0 Å². The first-order valence-corrected chi connectivity index (χ1v) is 6.84. The number of hydrogen-bond donors (Lipinski definition) is 0. The van der Waals surface area contributed by atoms with E-state index in [9.17, 15) is 9.18 Å². The van der Waals surface area contributed by atoms with E-state index < -0.39 is 0 Å². The normalized spacial score (nSPS) is 23.9. The average molecular weight is 248 g/mol. The summed E-state index contributed by atoms with van der Waals surface area (Å²) in [7, 11) is 0. The lowest BCUT2D eigenvalue weighted by Crippen LogP contribution is -2.22. The van der Waals surface area contributed by atoms with Crippen LogP contribution in [0, 0.1) is 24.6 Å². The van der Waals surface area contributed by atoms with Gasteiger partial charge in [-0.15, -0.1) is 0 Å². The first kappa shape index (κ1) is 13.3. The molecule has 2 heteroatoms. The Morgan fingerprint density at radius 2 is 1.94 bits per heavy atom. The lowest BCUT2D eigenvalue weighted by atomic mass is 9.79. The summed E-state index contributed by atoms with van der Waals surface area (Å²) >= 11 is 0. The highest BCUT2D eigenvalue weighted by Gasteiger charge is 2.24. The van der Waals surface area contributed by atoms with Gasteiger partial charge in [-0.25, -0.2) is 4.39 Å². The van der Waals surface area contributed by atoms with Gasteiger partial charge in [0.05, 0.1) is 0 Å². The summed E-state index contributed by atoms with van der Waals surface area (Å²) < 4.78 is 13.2. The molecule has 1 aliphatic carbocycles. The Kier molecular flexibility index (Phi) is 4.15. The highest BCUT2D eigenvalue weighted by Crippen LogP contribution is 2.29. The van der Waals surface area contributed by atoms with Gasteiger partial charge in [-0.3, -0.25) is 4.79 Å². The molecule has 18 heavy (non-hydrogen) atoms. The Hall–Kier alpha value is -1.18. The van der Waals surface area contributed by atoms with Gasteiger partial charge >= 0.3 is 0 Å². The molecule has 98 valence electrons. The summed E-state index contributed by atoms with van der Waals surface area (Å²) in [5.41, 5.74) is 1.85. The highest BCUT2D eigenvalue weighted by atomic mass is 19.1. The van der Waals surface area contributed by atoms with Crippen LogP contribution in [0.3, 0.4) is 0 Å². The van der Waals surface area contributed by atoms with E-state index in [2.05, 4.69) is 6.92 Å². The Bertz CT molecular complexity index is 431. The second-order valence-electron chi connectivity index (χ2n) is 5.67. The van der Waals surface area contributed by atoms with E-state index in [1.807, 2.05) is 6.92 Å². The van der Waals surface area contributed by atoms with E-state index in [1.165, 1.54) is 12.1 Å². The van der Waals surface area contributed by atoms with Gasteiger partial charge in [0.15, 0.2) is 0 Å². The molecule has 1 aromatic rings. The third-order valence-corrected chi connectivity index (χ3v) is 4.15. The Labute approximate surface area is 108 Å². The molecule has 0 bridgehead atoms. The number of carbonyl (C=O) groups excluding carboxylic acids is 1. The van der Waals surface area contributed by atoms with Crippen molar-refractivity contribution in [3.8, 4) is 0 Å². The van der Waals surface area contributed by atoms with E-state index in [1.54, 1.807) is 6.07 Å². The fourth-order valence-corrected chi connectivity index (χ4v) is 2.74. The number of aryl methyl sites for hydroxylation is 1. The van der Waals surface area contributed by atoms with E-state index >= 15 is 0 Å². The molecule has 0 spiro atoms. The second-order valence-corrected chi connectivity index (χ2v) is 5.67. The van der Waals surface area contributed by atoms with Crippen molar-refractivity contribution in [3.05, 3.63) is 35.1 Å². The third kappa shape index (κ3) is 3.18. The van der Waals surface area contributed by atoms with Crippen LogP contribution in [0.2, 0.25) is 0 Å². The number of Topliss-reactive ketones (excluding diaryl/α,β-unsaturated/α-hetero) is 1. The fraction of sp³-hybridized carbons (Fsp3) is 0.562. The zero-order valence-electron chi connectivity index (χ0n) is 11.2. The smallest absolute Gasteiger partial charge is 0.140 e. The van der Waals surface area contributed by atoms with Crippen molar-refractivity contribution >= 4 is 5.78 Å². The summed E-state index contributed by atoms with van der Waals surface area (Å²) in [5.74, 6) is 0.991. The summed E-state index contributed by atoms with van der Waals surface area (Å²) in [6.45, 7) is 4.18. The van der Waals surface area contributed by atoms with Crippen LogP contribution in [0.4, 0.5) is 4.39 Å². The van der Waals surface area contributed by atoms with Crippen molar-refractivity contribution in [1.82, 2.24) is 0 Å². The SMILES string of the molecule is Cc1ccc(F)cc1CC(=O)C1CCC(C)CC1. The first-order valence-electron chi connectivity index (χ1n) is 6.84. The molecule has 0 atom stereocenters. The Morgan fingerprint density at radius 3 is 2.61 bits per heavy atom. The zero-order valence-corrected chi connectivity index (χ0v) is 11.2. The number of rotatable bonds is 3. The van der Waals surface area contributed by atoms with Gasteiger partial charge in [-0.2, -0.15) is 0 Å². The molecule has 1 saturated carbocycles. The minimum atomic E-state index is -0.249. The summed E-state index contributed by atoms with van der Waals surface area (Å²) in [6.07, 6.45) is 4.71. The molecule has 1 aromatic carbocycles. The highest BCUT2D eigenvalue weighted by molar-refractivity contribution is 5.83. The summed E-state index contributed by atoms with van der Waals surface area (Å²) in [5, 5.41) is 0. The first-order chi connectivity index (χ1) is 8.56. The maximum atomic E-state index is 13.2. The Balaban J connectivity index is 2.00. The minimum Gasteiger partial charge on any atom is -0.299 e. The van der Waals surface area contributed by atoms with Gasteiger partial charge < -0.3 is 0 Å². The molecule has 0 aliphatic heterocycles. The van der Waals surface area contributed by atoms with Crippen LogP contribution < -0.4 is 0 Å². The van der Waals surface area contributed by atoms with E-state index in [4.69, 9.17) is 0 Å². The van der Waals surface area contributed by atoms with Crippen molar-refractivity contribution < 1.29 is 9.18 Å². The second kappa shape index (κ2) is 5.64. The van der Waals surface area contributed by atoms with E-state index in [0.29, 0.717) is 6.42 Å². The summed E-state index contributed by atoms with van der Waals surface area (Å²) in [4.78, 5) is 12.2. The number of hydrogen-bond acceptors (Lipinski definition) is 1. The third-order valence-electron chi connectivity index (χ3n) is 4.15. The van der Waals surface area contributed by atoms with Crippen LogP contribution in [0.15, 0.2) is 18.2 Å². The molecule has 0 N–H and O–H groups in total. The van der Waals surface area contributed by atoms with Crippen LogP contribution in [-0.4, -0.2) is 5.78 Å². The molecule has 0 saturated heterocycles. The molecule has 1 aliphatic rings. The number of benzene rings is 1. The minimum absolute atomic E-state index is 0.198. The van der Waals surface area contributed by atoms with Crippen LogP contribution >= 0.6 is 0 Å². The lowest BCUT2D eigenvalue weighted by molar-refractivity contribution is -0.123. The molecule has 0 amide bonds. The maximum absolute atomic E-state index is 13.2. The van der Waals surface area contributed by atoms with Gasteiger partial charge in [-0.1, -0.05) is 25.8 Å². The summed E-state index contributed by atoms with van der Waals surface area (Å²) in [6, 6.07) is 4.70. The van der Waals surface area contributed by atoms with Gasteiger partial charge in [0.1, 0.15) is 11.6 Å². The quantitative estimate of drug-likeness (QED) is 0.788. The van der Waals surface area contributed by atoms with Gasteiger partial charge in [0, 0.05) is 12.3 Å². The van der Waals surface area contributed by atoms with Crippen molar-refractivity contribution in [2.24, 2.45) is 11.8 Å². The monoisotopic (exact) mass is 248 g/mol. The fourth-order valence-electron chi connectivity index (χ4n) is 2.74. The molecular weight excluding hydrogens is 227 g/mol. The predicted molar refractivity (Wildman–Crippen MR) is 71.0 cm³/mol. The molecule has 1 nitrogen and oxygen atoms in total. The maximum Gasteiger partial charge on any atom is 0.140 e. The van der Waals surface area contributed by atoms with Crippen LogP contribution in [-0.2, 0) is 11.2 Å².